The number of benzene rings is 2. The van der Waals surface area contributed by atoms with Crippen LogP contribution in [0.25, 0.3) is 5.57 Å². The highest BCUT2D eigenvalue weighted by molar-refractivity contribution is 5.93. The third kappa shape index (κ3) is 4.43. The van der Waals surface area contributed by atoms with Gasteiger partial charge in [-0.3, -0.25) is 9.69 Å². The molecule has 0 unspecified atom stereocenters. The van der Waals surface area contributed by atoms with Gasteiger partial charge in [-0.05, 0) is 29.7 Å². The summed E-state index contributed by atoms with van der Waals surface area (Å²) in [5.74, 6) is 1.22. The van der Waals surface area contributed by atoms with Crippen molar-refractivity contribution in [2.45, 2.75) is 6.42 Å². The highest BCUT2D eigenvalue weighted by Crippen LogP contribution is 2.29. The van der Waals surface area contributed by atoms with Crippen molar-refractivity contribution in [1.29, 1.82) is 0 Å². The van der Waals surface area contributed by atoms with Crippen molar-refractivity contribution in [3.05, 3.63) is 60.2 Å². The number of ether oxygens (including phenoxy) is 2. The number of hydrogen-bond acceptors (Lipinski definition) is 4. The maximum Gasteiger partial charge on any atom is 0.238 e. The van der Waals surface area contributed by atoms with E-state index in [4.69, 9.17) is 9.47 Å². The number of nitrogens with one attached hydrogen (secondary N) is 1. The van der Waals surface area contributed by atoms with E-state index >= 15 is 0 Å². The van der Waals surface area contributed by atoms with E-state index in [2.05, 4.69) is 40.6 Å². The molecule has 5 heteroatoms. The molecule has 0 spiro atoms. The van der Waals surface area contributed by atoms with Gasteiger partial charge in [-0.1, -0.05) is 36.4 Å². The van der Waals surface area contributed by atoms with Gasteiger partial charge in [0.15, 0.2) is 0 Å². The summed E-state index contributed by atoms with van der Waals surface area (Å²) in [6.07, 6.45) is 3.16. The van der Waals surface area contributed by atoms with Crippen molar-refractivity contribution >= 4 is 17.2 Å². The molecule has 0 aromatic heterocycles. The van der Waals surface area contributed by atoms with Gasteiger partial charge in [-0.25, -0.2) is 0 Å². The maximum absolute atomic E-state index is 12.4. The molecule has 1 aliphatic rings. The van der Waals surface area contributed by atoms with Crippen LogP contribution in [-0.4, -0.2) is 44.7 Å². The van der Waals surface area contributed by atoms with Crippen LogP contribution in [0.2, 0.25) is 0 Å². The molecule has 26 heavy (non-hydrogen) atoms. The summed E-state index contributed by atoms with van der Waals surface area (Å²) in [6, 6.07) is 15.7. The van der Waals surface area contributed by atoms with Crippen LogP contribution in [0.1, 0.15) is 12.0 Å². The molecule has 0 fully saturated rings. The second-order valence-corrected chi connectivity index (χ2v) is 6.19. The largest absolute Gasteiger partial charge is 0.497 e. The third-order valence-corrected chi connectivity index (χ3v) is 4.49. The predicted octanol–water partition coefficient (Wildman–Crippen LogP) is 3.43. The molecule has 0 saturated carbocycles. The first kappa shape index (κ1) is 18.0. The third-order valence-electron chi connectivity index (χ3n) is 4.49. The summed E-state index contributed by atoms with van der Waals surface area (Å²) in [6.45, 7) is 2.00. The van der Waals surface area contributed by atoms with Gasteiger partial charge in [-0.2, -0.15) is 0 Å². The van der Waals surface area contributed by atoms with Crippen LogP contribution in [0.3, 0.4) is 0 Å². The lowest BCUT2D eigenvalue weighted by atomic mass is 10.00. The van der Waals surface area contributed by atoms with Crippen LogP contribution in [-0.2, 0) is 4.79 Å². The monoisotopic (exact) mass is 352 g/mol. The number of methoxy groups -OCH3 is 2. The van der Waals surface area contributed by atoms with Gasteiger partial charge in [0.25, 0.3) is 0 Å². The summed E-state index contributed by atoms with van der Waals surface area (Å²) in [5, 5.41) is 2.92. The van der Waals surface area contributed by atoms with E-state index < -0.39 is 0 Å². The van der Waals surface area contributed by atoms with Crippen molar-refractivity contribution in [1.82, 2.24) is 4.90 Å². The Kier molecular flexibility index (Phi) is 5.92. The zero-order valence-corrected chi connectivity index (χ0v) is 15.2. The summed E-state index contributed by atoms with van der Waals surface area (Å²) >= 11 is 0. The van der Waals surface area contributed by atoms with Crippen LogP contribution >= 0.6 is 0 Å². The lowest BCUT2D eigenvalue weighted by Gasteiger charge is -2.26. The van der Waals surface area contributed by atoms with E-state index in [1.165, 1.54) is 11.1 Å². The fourth-order valence-corrected chi connectivity index (χ4v) is 3.06. The minimum Gasteiger partial charge on any atom is -0.497 e. The number of anilines is 1. The molecular weight excluding hydrogens is 328 g/mol. The van der Waals surface area contributed by atoms with E-state index in [1.54, 1.807) is 32.4 Å². The maximum atomic E-state index is 12.4. The van der Waals surface area contributed by atoms with E-state index in [0.717, 1.165) is 19.5 Å². The van der Waals surface area contributed by atoms with Gasteiger partial charge in [-0.15, -0.1) is 0 Å². The first-order valence-electron chi connectivity index (χ1n) is 8.68. The van der Waals surface area contributed by atoms with E-state index in [9.17, 15) is 4.79 Å². The van der Waals surface area contributed by atoms with Crippen LogP contribution in [0.4, 0.5) is 5.69 Å². The first-order valence-corrected chi connectivity index (χ1v) is 8.68. The summed E-state index contributed by atoms with van der Waals surface area (Å²) < 4.78 is 10.5. The Hall–Kier alpha value is -2.79. The normalized spacial score (nSPS) is 14.5. The van der Waals surface area contributed by atoms with Gasteiger partial charge in [0.05, 0.1) is 26.5 Å². The summed E-state index contributed by atoms with van der Waals surface area (Å²) in [5.41, 5.74) is 3.26. The number of nitrogens with zero attached hydrogens (tertiary/aromatic N) is 1. The van der Waals surface area contributed by atoms with Gasteiger partial charge in [0, 0.05) is 19.2 Å². The number of carbonyl (C=O) groups excluding carboxylic acids is 1. The Morgan fingerprint density at radius 2 is 1.92 bits per heavy atom. The predicted molar refractivity (Wildman–Crippen MR) is 104 cm³/mol. The Bertz CT molecular complexity index is 787. The Balaban J connectivity index is 1.57. The molecule has 0 saturated heterocycles. The average molecular weight is 352 g/mol. The van der Waals surface area contributed by atoms with Crippen molar-refractivity contribution in [3.63, 3.8) is 0 Å². The number of rotatable bonds is 6. The molecule has 1 amide bonds. The summed E-state index contributed by atoms with van der Waals surface area (Å²) in [4.78, 5) is 14.5. The van der Waals surface area contributed by atoms with Gasteiger partial charge < -0.3 is 14.8 Å². The second kappa shape index (κ2) is 8.54. The molecule has 0 aliphatic carbocycles. The van der Waals surface area contributed by atoms with Crippen molar-refractivity contribution in [3.8, 4) is 11.5 Å². The zero-order chi connectivity index (χ0) is 18.4. The molecule has 2 aromatic carbocycles. The molecule has 0 radical (unpaired) electrons. The van der Waals surface area contributed by atoms with Crippen LogP contribution in [0.5, 0.6) is 11.5 Å². The fourth-order valence-electron chi connectivity index (χ4n) is 3.06. The van der Waals surface area contributed by atoms with Gasteiger partial charge in [0.2, 0.25) is 5.91 Å². The minimum atomic E-state index is -0.0509. The average Bonchev–Trinajstić information content (AvgIpc) is 2.69. The molecule has 1 aliphatic heterocycles. The quantitative estimate of drug-likeness (QED) is 0.865. The smallest absolute Gasteiger partial charge is 0.238 e. The fraction of sp³-hybridized carbons (Fsp3) is 0.286. The van der Waals surface area contributed by atoms with Gasteiger partial charge in [0.1, 0.15) is 11.5 Å². The number of amides is 1. The molecular formula is C21H24N2O3. The molecule has 5 nitrogen and oxygen atoms in total. The topological polar surface area (TPSA) is 50.8 Å². The Morgan fingerprint density at radius 3 is 2.58 bits per heavy atom. The van der Waals surface area contributed by atoms with Crippen LogP contribution < -0.4 is 14.8 Å². The number of hydrogen-bond donors (Lipinski definition) is 1. The SMILES string of the molecule is COc1ccc(NC(=O)CN2CC=C(c3ccccc3)CC2)c(OC)c1. The van der Waals surface area contributed by atoms with Gasteiger partial charge >= 0.3 is 0 Å². The van der Waals surface area contributed by atoms with Crippen molar-refractivity contribution in [2.24, 2.45) is 0 Å². The van der Waals surface area contributed by atoms with E-state index in [1.807, 2.05) is 6.07 Å². The molecule has 2 aromatic rings. The second-order valence-electron chi connectivity index (χ2n) is 6.19. The Labute approximate surface area is 154 Å². The lowest BCUT2D eigenvalue weighted by Crippen LogP contribution is -2.36. The first-order chi connectivity index (χ1) is 12.7. The molecule has 1 heterocycles. The summed E-state index contributed by atoms with van der Waals surface area (Å²) in [7, 11) is 3.17. The standard InChI is InChI=1S/C21H24N2O3/c1-25-18-8-9-19(20(14-18)26-2)22-21(24)15-23-12-10-17(11-13-23)16-6-4-3-5-7-16/h3-10,14H,11-13,15H2,1-2H3,(H,22,24). The van der Waals surface area contributed by atoms with Crippen molar-refractivity contribution in [2.75, 3.05) is 39.2 Å². The molecule has 136 valence electrons. The zero-order valence-electron chi connectivity index (χ0n) is 15.2. The van der Waals surface area contributed by atoms with E-state index in [-0.39, 0.29) is 5.91 Å². The molecule has 3 rings (SSSR count). The molecule has 0 bridgehead atoms. The highest BCUT2D eigenvalue weighted by Gasteiger charge is 2.16. The highest BCUT2D eigenvalue weighted by atomic mass is 16.5. The number of carbonyl (C=O) groups is 1. The van der Waals surface area contributed by atoms with Crippen LogP contribution in [0.15, 0.2) is 54.6 Å². The van der Waals surface area contributed by atoms with Crippen LogP contribution in [0, 0.1) is 0 Å². The van der Waals surface area contributed by atoms with Crippen molar-refractivity contribution < 1.29 is 14.3 Å². The van der Waals surface area contributed by atoms with E-state index in [0.29, 0.717) is 23.7 Å². The minimum absolute atomic E-state index is 0.0509. The lowest BCUT2D eigenvalue weighted by molar-refractivity contribution is -0.117. The molecule has 0 atom stereocenters. The Morgan fingerprint density at radius 1 is 1.12 bits per heavy atom. The molecule has 1 N–H and O–H groups in total.